The van der Waals surface area contributed by atoms with Crippen molar-refractivity contribution in [3.8, 4) is 5.75 Å². The summed E-state index contributed by atoms with van der Waals surface area (Å²) in [5.41, 5.74) is 1.08. The number of carbonyl (C=O) groups is 1. The highest BCUT2D eigenvalue weighted by Crippen LogP contribution is 2.21. The average Bonchev–Trinajstić information content (AvgIpc) is 3.33. The summed E-state index contributed by atoms with van der Waals surface area (Å²) < 4.78 is 5.52. The van der Waals surface area contributed by atoms with Gasteiger partial charge in [-0.15, -0.1) is 11.3 Å². The number of amides is 1. The summed E-state index contributed by atoms with van der Waals surface area (Å²) in [6.07, 6.45) is 3.50. The second-order valence-electron chi connectivity index (χ2n) is 7.45. The van der Waals surface area contributed by atoms with Crippen molar-refractivity contribution in [2.45, 2.75) is 13.1 Å². The Balaban J connectivity index is 1.40. The van der Waals surface area contributed by atoms with Gasteiger partial charge < -0.3 is 14.5 Å². The van der Waals surface area contributed by atoms with E-state index in [-0.39, 0.29) is 5.91 Å². The lowest BCUT2D eigenvalue weighted by Crippen LogP contribution is -2.51. The number of aromatic nitrogens is 2. The fraction of sp³-hybridized carbons (Fsp3) is 0.348. The van der Waals surface area contributed by atoms with Crippen molar-refractivity contribution in [1.82, 2.24) is 19.8 Å². The first-order valence-electron chi connectivity index (χ1n) is 10.4. The Bertz CT molecular complexity index is 959. The van der Waals surface area contributed by atoms with Crippen LogP contribution in [0.3, 0.4) is 0 Å². The molecule has 1 aliphatic heterocycles. The Morgan fingerprint density at radius 2 is 1.81 bits per heavy atom. The number of benzene rings is 1. The van der Waals surface area contributed by atoms with Gasteiger partial charge in [-0.25, -0.2) is 9.97 Å². The lowest BCUT2D eigenvalue weighted by Gasteiger charge is -2.35. The second kappa shape index (κ2) is 10.4. The number of hydrogen-bond acceptors (Lipinski definition) is 7. The summed E-state index contributed by atoms with van der Waals surface area (Å²) in [5, 5.41) is 2.07. The Hall–Kier alpha value is -2.97. The van der Waals surface area contributed by atoms with Crippen LogP contribution in [0.2, 0.25) is 0 Å². The number of piperazine rings is 1. The number of nitrogens with zero attached hydrogens (tertiary/aromatic N) is 5. The van der Waals surface area contributed by atoms with E-state index < -0.39 is 0 Å². The first kappa shape index (κ1) is 21.3. The van der Waals surface area contributed by atoms with Gasteiger partial charge in [0.2, 0.25) is 11.9 Å². The van der Waals surface area contributed by atoms with Crippen molar-refractivity contribution in [1.29, 1.82) is 0 Å². The largest absolute Gasteiger partial charge is 0.496 e. The zero-order valence-corrected chi connectivity index (χ0v) is 18.5. The van der Waals surface area contributed by atoms with Gasteiger partial charge in [0.1, 0.15) is 5.75 Å². The third kappa shape index (κ3) is 5.59. The van der Waals surface area contributed by atoms with Gasteiger partial charge in [0.15, 0.2) is 0 Å². The molecule has 1 aliphatic rings. The lowest BCUT2D eigenvalue weighted by atomic mass is 10.2. The molecule has 3 heterocycles. The first-order valence-corrected chi connectivity index (χ1v) is 11.3. The van der Waals surface area contributed by atoms with Gasteiger partial charge in [-0.1, -0.05) is 24.3 Å². The molecule has 1 aromatic carbocycles. The van der Waals surface area contributed by atoms with Crippen molar-refractivity contribution in [3.05, 3.63) is 70.7 Å². The molecule has 0 unspecified atom stereocenters. The minimum Gasteiger partial charge on any atom is -0.496 e. The molecule has 0 atom stereocenters. The SMILES string of the molecule is COc1ccccc1CN(CC(=O)N1CCN(c2ncccn2)CC1)Cc1cccs1. The minimum atomic E-state index is 0.153. The number of ether oxygens (including phenoxy) is 1. The monoisotopic (exact) mass is 437 g/mol. The van der Waals surface area contributed by atoms with E-state index in [1.54, 1.807) is 30.8 Å². The number of carbonyl (C=O) groups excluding carboxylic acids is 1. The predicted molar refractivity (Wildman–Crippen MR) is 122 cm³/mol. The quantitative estimate of drug-likeness (QED) is 0.540. The maximum atomic E-state index is 13.1. The van der Waals surface area contributed by atoms with Gasteiger partial charge >= 0.3 is 0 Å². The van der Waals surface area contributed by atoms with E-state index in [0.717, 1.165) is 36.9 Å². The Morgan fingerprint density at radius 3 is 2.52 bits per heavy atom. The van der Waals surface area contributed by atoms with E-state index in [0.29, 0.717) is 26.2 Å². The first-order chi connectivity index (χ1) is 15.2. The number of para-hydroxylation sites is 1. The van der Waals surface area contributed by atoms with Gasteiger partial charge in [0, 0.05) is 62.1 Å². The maximum absolute atomic E-state index is 13.1. The van der Waals surface area contributed by atoms with Crippen LogP contribution >= 0.6 is 11.3 Å². The van der Waals surface area contributed by atoms with E-state index in [4.69, 9.17) is 4.74 Å². The molecule has 162 valence electrons. The van der Waals surface area contributed by atoms with Gasteiger partial charge in [-0.2, -0.15) is 0 Å². The molecule has 4 rings (SSSR count). The van der Waals surface area contributed by atoms with Crippen LogP contribution in [0.15, 0.2) is 60.2 Å². The average molecular weight is 438 g/mol. The van der Waals surface area contributed by atoms with Gasteiger partial charge in [0.05, 0.1) is 13.7 Å². The third-order valence-corrected chi connectivity index (χ3v) is 6.23. The van der Waals surface area contributed by atoms with Gasteiger partial charge in [-0.05, 0) is 23.6 Å². The van der Waals surface area contributed by atoms with Crippen LogP contribution in [0.4, 0.5) is 5.95 Å². The minimum absolute atomic E-state index is 0.153. The molecule has 0 bridgehead atoms. The summed E-state index contributed by atoms with van der Waals surface area (Å²) in [7, 11) is 1.68. The van der Waals surface area contributed by atoms with Crippen LogP contribution in [0.1, 0.15) is 10.4 Å². The molecule has 0 spiro atoms. The molecule has 0 N–H and O–H groups in total. The number of anilines is 1. The van der Waals surface area contributed by atoms with Crippen molar-refractivity contribution >= 4 is 23.2 Å². The highest BCUT2D eigenvalue weighted by Gasteiger charge is 2.24. The summed E-state index contributed by atoms with van der Waals surface area (Å²) in [6.45, 7) is 4.61. The van der Waals surface area contributed by atoms with Crippen molar-refractivity contribution < 1.29 is 9.53 Å². The van der Waals surface area contributed by atoms with Crippen LogP contribution in [-0.2, 0) is 17.9 Å². The molecule has 1 amide bonds. The topological polar surface area (TPSA) is 61.8 Å². The van der Waals surface area contributed by atoms with Crippen LogP contribution in [-0.4, -0.2) is 65.5 Å². The molecule has 31 heavy (non-hydrogen) atoms. The summed E-state index contributed by atoms with van der Waals surface area (Å²) in [5.74, 6) is 1.73. The third-order valence-electron chi connectivity index (χ3n) is 5.37. The Labute approximate surface area is 186 Å². The summed E-state index contributed by atoms with van der Waals surface area (Å²) in [6, 6.07) is 14.0. The van der Waals surface area contributed by atoms with E-state index in [1.807, 2.05) is 35.2 Å². The van der Waals surface area contributed by atoms with Crippen LogP contribution < -0.4 is 9.64 Å². The summed E-state index contributed by atoms with van der Waals surface area (Å²) in [4.78, 5) is 29.3. The van der Waals surface area contributed by atoms with Crippen molar-refractivity contribution in [2.75, 3.05) is 44.7 Å². The van der Waals surface area contributed by atoms with E-state index >= 15 is 0 Å². The Kier molecular flexibility index (Phi) is 7.11. The molecule has 0 radical (unpaired) electrons. The summed E-state index contributed by atoms with van der Waals surface area (Å²) >= 11 is 1.71. The van der Waals surface area contributed by atoms with Crippen LogP contribution in [0.25, 0.3) is 0 Å². The molecule has 3 aromatic rings. The number of rotatable bonds is 8. The molecular weight excluding hydrogens is 410 g/mol. The van der Waals surface area contributed by atoms with Crippen molar-refractivity contribution in [3.63, 3.8) is 0 Å². The molecule has 0 saturated carbocycles. The van der Waals surface area contributed by atoms with E-state index in [9.17, 15) is 4.79 Å². The molecule has 8 heteroatoms. The molecule has 2 aromatic heterocycles. The zero-order valence-electron chi connectivity index (χ0n) is 17.7. The fourth-order valence-electron chi connectivity index (χ4n) is 3.77. The van der Waals surface area contributed by atoms with Crippen LogP contribution in [0, 0.1) is 0 Å². The zero-order chi connectivity index (χ0) is 21.5. The standard InChI is InChI=1S/C23H27N5O2S/c1-30-21-8-3-2-6-19(21)16-26(17-20-7-4-15-31-20)18-22(29)27-11-13-28(14-12-27)23-24-9-5-10-25-23/h2-10,15H,11-14,16-18H2,1H3. The Morgan fingerprint density at radius 1 is 1.03 bits per heavy atom. The molecule has 1 saturated heterocycles. The van der Waals surface area contributed by atoms with Crippen LogP contribution in [0.5, 0.6) is 5.75 Å². The van der Waals surface area contributed by atoms with E-state index in [2.05, 4.69) is 37.3 Å². The van der Waals surface area contributed by atoms with Gasteiger partial charge in [0.25, 0.3) is 0 Å². The molecule has 1 fully saturated rings. The van der Waals surface area contributed by atoms with Gasteiger partial charge in [-0.3, -0.25) is 9.69 Å². The number of methoxy groups -OCH3 is 1. The molecule has 7 nitrogen and oxygen atoms in total. The highest BCUT2D eigenvalue weighted by atomic mass is 32.1. The maximum Gasteiger partial charge on any atom is 0.236 e. The molecular formula is C23H27N5O2S. The number of hydrogen-bond donors (Lipinski definition) is 0. The highest BCUT2D eigenvalue weighted by molar-refractivity contribution is 7.09. The fourth-order valence-corrected chi connectivity index (χ4v) is 4.51. The predicted octanol–water partition coefficient (Wildman–Crippen LogP) is 2.90. The second-order valence-corrected chi connectivity index (χ2v) is 8.49. The lowest BCUT2D eigenvalue weighted by molar-refractivity contribution is -0.133. The molecule has 0 aliphatic carbocycles. The normalized spacial score (nSPS) is 14.1. The van der Waals surface area contributed by atoms with E-state index in [1.165, 1.54) is 4.88 Å². The van der Waals surface area contributed by atoms with Crippen molar-refractivity contribution in [2.24, 2.45) is 0 Å². The number of thiophene rings is 1. The smallest absolute Gasteiger partial charge is 0.236 e.